The Balaban J connectivity index is 3.20. The van der Waals surface area contributed by atoms with E-state index in [4.69, 9.17) is 0 Å². The zero-order valence-electron chi connectivity index (χ0n) is 6.14. The first-order valence-corrected chi connectivity index (χ1v) is 4.75. The van der Waals surface area contributed by atoms with E-state index in [1.165, 1.54) is 6.20 Å². The van der Waals surface area contributed by atoms with Gasteiger partial charge in [0.15, 0.2) is 0 Å². The molecule has 1 aromatic rings. The molecule has 0 fully saturated rings. The van der Waals surface area contributed by atoms with Gasteiger partial charge in [0.2, 0.25) is 9.84 Å². The summed E-state index contributed by atoms with van der Waals surface area (Å²) in [6.45, 7) is 1.69. The van der Waals surface area contributed by atoms with Gasteiger partial charge in [-0.15, -0.1) is 5.10 Å². The first-order chi connectivity index (χ1) is 5.00. The monoisotopic (exact) mass is 173 g/mol. The summed E-state index contributed by atoms with van der Waals surface area (Å²) in [5.41, 5.74) is 0.595. The van der Waals surface area contributed by atoms with Crippen LogP contribution in [0.2, 0.25) is 0 Å². The molecular weight excluding hydrogens is 166 g/mol. The maximum atomic E-state index is 10.8. The molecule has 0 saturated carbocycles. The molecule has 0 radical (unpaired) electrons. The summed E-state index contributed by atoms with van der Waals surface area (Å²) in [6.07, 6.45) is 2.41. The maximum Gasteiger partial charge on any atom is 0.267 e. The van der Waals surface area contributed by atoms with Crippen LogP contribution in [0, 0.1) is 6.92 Å². The molecule has 0 bridgehead atoms. The number of sulfone groups is 1. The zero-order chi connectivity index (χ0) is 8.48. The van der Waals surface area contributed by atoms with Crippen LogP contribution in [0.4, 0.5) is 0 Å². The highest BCUT2D eigenvalue weighted by molar-refractivity contribution is 7.90. The fraction of sp³-hybridized carbons (Fsp3) is 0.400. The summed E-state index contributed by atoms with van der Waals surface area (Å²) >= 11 is 0. The van der Waals surface area contributed by atoms with Crippen LogP contribution in [-0.4, -0.2) is 29.9 Å². The Kier molecular flexibility index (Phi) is 1.86. The van der Waals surface area contributed by atoms with E-state index in [9.17, 15) is 8.42 Å². The van der Waals surface area contributed by atoms with E-state index in [0.717, 1.165) is 6.26 Å². The SMILES string of the molecule is Cc1cnc(S(C)(=O)=O)nn1. The molecule has 0 aliphatic carbocycles. The predicted molar refractivity (Wildman–Crippen MR) is 37.7 cm³/mol. The van der Waals surface area contributed by atoms with Gasteiger partial charge < -0.3 is 0 Å². The number of hydrogen-bond acceptors (Lipinski definition) is 5. The molecule has 60 valence electrons. The Labute approximate surface area is 64.4 Å². The van der Waals surface area contributed by atoms with Crippen LogP contribution in [0.25, 0.3) is 0 Å². The van der Waals surface area contributed by atoms with E-state index in [0.29, 0.717) is 5.69 Å². The van der Waals surface area contributed by atoms with Crippen LogP contribution in [0.5, 0.6) is 0 Å². The van der Waals surface area contributed by atoms with Gasteiger partial charge in [-0.25, -0.2) is 13.4 Å². The third-order valence-corrected chi connectivity index (χ3v) is 1.84. The second kappa shape index (κ2) is 2.54. The number of rotatable bonds is 1. The standard InChI is InChI=1S/C5H7N3O2S/c1-4-3-6-5(8-7-4)11(2,9)10/h3H,1-2H3. The van der Waals surface area contributed by atoms with E-state index in [1.54, 1.807) is 6.92 Å². The highest BCUT2D eigenvalue weighted by atomic mass is 32.2. The van der Waals surface area contributed by atoms with Crippen molar-refractivity contribution in [2.45, 2.75) is 12.1 Å². The van der Waals surface area contributed by atoms with E-state index >= 15 is 0 Å². The highest BCUT2D eigenvalue weighted by Crippen LogP contribution is 1.97. The zero-order valence-corrected chi connectivity index (χ0v) is 6.96. The summed E-state index contributed by atoms with van der Waals surface area (Å²) < 4.78 is 21.6. The molecule has 0 amide bonds. The Morgan fingerprint density at radius 3 is 2.36 bits per heavy atom. The lowest BCUT2D eigenvalue weighted by Crippen LogP contribution is -2.05. The molecule has 0 unspecified atom stereocenters. The molecule has 5 nitrogen and oxygen atoms in total. The molecule has 0 saturated heterocycles. The number of aromatic nitrogens is 3. The van der Waals surface area contributed by atoms with Gasteiger partial charge >= 0.3 is 0 Å². The molecule has 0 aromatic carbocycles. The van der Waals surface area contributed by atoms with Crippen molar-refractivity contribution in [1.82, 2.24) is 15.2 Å². The quantitative estimate of drug-likeness (QED) is 0.577. The van der Waals surface area contributed by atoms with E-state index < -0.39 is 9.84 Å². The fourth-order valence-corrected chi connectivity index (χ4v) is 0.925. The largest absolute Gasteiger partial charge is 0.267 e. The first-order valence-electron chi connectivity index (χ1n) is 2.86. The van der Waals surface area contributed by atoms with Crippen molar-refractivity contribution in [2.24, 2.45) is 0 Å². The summed E-state index contributed by atoms with van der Waals surface area (Å²) in [5, 5.41) is 6.72. The van der Waals surface area contributed by atoms with Crippen molar-refractivity contribution in [3.05, 3.63) is 11.9 Å². The maximum absolute atomic E-state index is 10.8. The van der Waals surface area contributed by atoms with Crippen LogP contribution in [0.1, 0.15) is 5.69 Å². The topological polar surface area (TPSA) is 72.8 Å². The van der Waals surface area contributed by atoms with Crippen LogP contribution >= 0.6 is 0 Å². The minimum atomic E-state index is -3.30. The first kappa shape index (κ1) is 8.06. The highest BCUT2D eigenvalue weighted by Gasteiger charge is 2.09. The van der Waals surface area contributed by atoms with Crippen molar-refractivity contribution >= 4 is 9.84 Å². The molecule has 1 aromatic heterocycles. The molecule has 0 aliphatic heterocycles. The lowest BCUT2D eigenvalue weighted by Gasteiger charge is -1.93. The van der Waals surface area contributed by atoms with Gasteiger partial charge in [0, 0.05) is 6.26 Å². The molecule has 1 rings (SSSR count). The van der Waals surface area contributed by atoms with Crippen LogP contribution < -0.4 is 0 Å². The van der Waals surface area contributed by atoms with Gasteiger partial charge in [-0.2, -0.15) is 5.10 Å². The molecule has 0 aliphatic rings. The minimum Gasteiger partial charge on any atom is -0.223 e. The molecule has 0 atom stereocenters. The van der Waals surface area contributed by atoms with E-state index in [2.05, 4.69) is 15.2 Å². The molecular formula is C5H7N3O2S. The second-order valence-electron chi connectivity index (χ2n) is 2.15. The molecule has 0 N–H and O–H groups in total. The summed E-state index contributed by atoms with van der Waals surface area (Å²) in [5.74, 6) is 0. The van der Waals surface area contributed by atoms with Gasteiger partial charge in [0.25, 0.3) is 5.16 Å². The summed E-state index contributed by atoms with van der Waals surface area (Å²) in [7, 11) is -3.30. The van der Waals surface area contributed by atoms with Gasteiger partial charge in [-0.05, 0) is 6.92 Å². The number of hydrogen-bond donors (Lipinski definition) is 0. The van der Waals surface area contributed by atoms with Gasteiger partial charge in [-0.1, -0.05) is 0 Å². The Morgan fingerprint density at radius 1 is 1.36 bits per heavy atom. The smallest absolute Gasteiger partial charge is 0.223 e. The molecule has 11 heavy (non-hydrogen) atoms. The lowest BCUT2D eigenvalue weighted by atomic mass is 10.6. The number of nitrogens with zero attached hydrogens (tertiary/aromatic N) is 3. The molecule has 6 heteroatoms. The normalized spacial score (nSPS) is 11.5. The predicted octanol–water partition coefficient (Wildman–Crippen LogP) is -0.416. The van der Waals surface area contributed by atoms with Crippen LogP contribution in [0.3, 0.4) is 0 Å². The lowest BCUT2D eigenvalue weighted by molar-refractivity contribution is 0.588. The van der Waals surface area contributed by atoms with E-state index in [1.807, 2.05) is 0 Å². The van der Waals surface area contributed by atoms with Crippen molar-refractivity contribution in [2.75, 3.05) is 6.26 Å². The third-order valence-electron chi connectivity index (χ3n) is 0.987. The van der Waals surface area contributed by atoms with Crippen LogP contribution in [0.15, 0.2) is 11.4 Å². The summed E-state index contributed by atoms with van der Waals surface area (Å²) in [6, 6.07) is 0. The Morgan fingerprint density at radius 2 is 2.00 bits per heavy atom. The average molecular weight is 173 g/mol. The molecule has 1 heterocycles. The minimum absolute atomic E-state index is 0.233. The number of aryl methyl sites for hydroxylation is 1. The van der Waals surface area contributed by atoms with Crippen molar-refractivity contribution in [3.8, 4) is 0 Å². The second-order valence-corrected chi connectivity index (χ2v) is 4.06. The van der Waals surface area contributed by atoms with Crippen molar-refractivity contribution in [1.29, 1.82) is 0 Å². The van der Waals surface area contributed by atoms with Gasteiger partial charge in [-0.3, -0.25) is 0 Å². The van der Waals surface area contributed by atoms with Gasteiger partial charge in [0.05, 0.1) is 11.9 Å². The van der Waals surface area contributed by atoms with Crippen molar-refractivity contribution in [3.63, 3.8) is 0 Å². The van der Waals surface area contributed by atoms with Gasteiger partial charge in [0.1, 0.15) is 0 Å². The Hall–Kier alpha value is -1.04. The summed E-state index contributed by atoms with van der Waals surface area (Å²) in [4.78, 5) is 3.59. The van der Waals surface area contributed by atoms with E-state index in [-0.39, 0.29) is 5.16 Å². The average Bonchev–Trinajstić information content (AvgIpc) is 1.86. The fourth-order valence-electron chi connectivity index (χ4n) is 0.492. The Bertz CT molecular complexity index is 342. The molecule has 0 spiro atoms. The van der Waals surface area contributed by atoms with Crippen LogP contribution in [-0.2, 0) is 9.84 Å². The van der Waals surface area contributed by atoms with Crippen molar-refractivity contribution < 1.29 is 8.42 Å². The third kappa shape index (κ3) is 1.94.